The average Bonchev–Trinajstić information content (AvgIpc) is 2.47. The Morgan fingerprint density at radius 1 is 1.67 bits per heavy atom. The van der Waals surface area contributed by atoms with Crippen LogP contribution in [0.15, 0.2) is 12.2 Å². The van der Waals surface area contributed by atoms with Crippen LogP contribution in [0.4, 0.5) is 0 Å². The topological polar surface area (TPSA) is 32.8 Å². The molecule has 9 heavy (non-hydrogen) atoms. The van der Waals surface area contributed by atoms with Gasteiger partial charge in [0.2, 0.25) is 0 Å². The lowest BCUT2D eigenvalue weighted by atomic mass is 10.2. The minimum absolute atomic E-state index is 0.0567. The Hall–Kier alpha value is -0.340. The molecule has 1 aliphatic heterocycles. The van der Waals surface area contributed by atoms with Gasteiger partial charge in [-0.3, -0.25) is 0 Å². The van der Waals surface area contributed by atoms with E-state index in [1.54, 1.807) is 6.08 Å². The molecule has 3 unspecified atom stereocenters. The Morgan fingerprint density at radius 3 is 2.56 bits per heavy atom. The minimum Gasteiger partial charge on any atom is -0.386 e. The molecule has 1 aliphatic rings. The summed E-state index contributed by atoms with van der Waals surface area (Å²) < 4.78 is 5.03. The molecule has 1 N–H and O–H groups in total. The van der Waals surface area contributed by atoms with Gasteiger partial charge in [0, 0.05) is 0 Å². The van der Waals surface area contributed by atoms with Gasteiger partial charge in [0.15, 0.2) is 0 Å². The van der Waals surface area contributed by atoms with Crippen LogP contribution < -0.4 is 0 Å². The van der Waals surface area contributed by atoms with Gasteiger partial charge >= 0.3 is 0 Å². The maximum absolute atomic E-state index is 9.15. The first kappa shape index (κ1) is 6.78. The Kier molecular flexibility index (Phi) is 1.88. The molecule has 2 nitrogen and oxygen atoms in total. The second-order valence-corrected chi connectivity index (χ2v) is 2.32. The molecule has 0 amide bonds. The average molecular weight is 128 g/mol. The van der Waals surface area contributed by atoms with Crippen molar-refractivity contribution in [1.29, 1.82) is 0 Å². The molecule has 0 aliphatic carbocycles. The summed E-state index contributed by atoms with van der Waals surface area (Å²) in [5, 5.41) is 9.15. The highest BCUT2D eigenvalue weighted by atomic mass is 16.6. The Morgan fingerprint density at radius 2 is 2.22 bits per heavy atom. The summed E-state index contributed by atoms with van der Waals surface area (Å²) in [6.07, 6.45) is 3.48. The predicted molar refractivity (Wildman–Crippen MR) is 35.2 cm³/mol. The monoisotopic (exact) mass is 128 g/mol. The zero-order valence-electron chi connectivity index (χ0n) is 5.74. The van der Waals surface area contributed by atoms with Crippen LogP contribution in [0.5, 0.6) is 0 Å². The number of epoxide rings is 1. The van der Waals surface area contributed by atoms with E-state index in [4.69, 9.17) is 9.84 Å². The fraction of sp³-hybridized carbons (Fsp3) is 0.714. The zero-order chi connectivity index (χ0) is 6.85. The van der Waals surface area contributed by atoms with Gasteiger partial charge in [-0.05, 0) is 13.8 Å². The van der Waals surface area contributed by atoms with Gasteiger partial charge in [0.25, 0.3) is 0 Å². The van der Waals surface area contributed by atoms with Crippen LogP contribution in [0.1, 0.15) is 13.8 Å². The highest BCUT2D eigenvalue weighted by Crippen LogP contribution is 2.24. The molecule has 0 saturated carbocycles. The van der Waals surface area contributed by atoms with Crippen LogP contribution >= 0.6 is 0 Å². The molecular formula is C7H12O2. The van der Waals surface area contributed by atoms with Crippen molar-refractivity contribution in [2.75, 3.05) is 0 Å². The van der Waals surface area contributed by atoms with E-state index in [9.17, 15) is 0 Å². The lowest BCUT2D eigenvalue weighted by Gasteiger charge is -1.96. The fourth-order valence-electron chi connectivity index (χ4n) is 0.867. The van der Waals surface area contributed by atoms with Crippen molar-refractivity contribution in [3.05, 3.63) is 12.2 Å². The predicted octanol–water partition coefficient (Wildman–Crippen LogP) is 0.711. The van der Waals surface area contributed by atoms with E-state index in [1.165, 1.54) is 0 Å². The first-order chi connectivity index (χ1) is 4.25. The maximum Gasteiger partial charge on any atom is 0.113 e. The van der Waals surface area contributed by atoms with Gasteiger partial charge in [-0.25, -0.2) is 0 Å². The third kappa shape index (κ3) is 1.53. The number of ether oxygens (including phenoxy) is 1. The van der Waals surface area contributed by atoms with E-state index in [-0.39, 0.29) is 12.2 Å². The number of allylic oxidation sites excluding steroid dienone is 1. The van der Waals surface area contributed by atoms with Crippen molar-refractivity contribution >= 4 is 0 Å². The summed E-state index contributed by atoms with van der Waals surface area (Å²) in [5.74, 6) is 0. The van der Waals surface area contributed by atoms with Crippen LogP contribution in [0.3, 0.4) is 0 Å². The van der Waals surface area contributed by atoms with Crippen molar-refractivity contribution in [2.24, 2.45) is 0 Å². The number of aliphatic hydroxyl groups is 1. The highest BCUT2D eigenvalue weighted by molar-refractivity contribution is 4.98. The third-order valence-electron chi connectivity index (χ3n) is 1.48. The standard InChI is InChI=1S/C7H12O2/c1-3-4-6(8)7-5(2)9-7/h3-8H,1-2H3. The number of aliphatic hydroxyl groups excluding tert-OH is 1. The third-order valence-corrected chi connectivity index (χ3v) is 1.48. The molecule has 1 heterocycles. The van der Waals surface area contributed by atoms with Gasteiger partial charge in [-0.2, -0.15) is 0 Å². The van der Waals surface area contributed by atoms with E-state index in [0.717, 1.165) is 0 Å². The molecule has 0 aromatic carbocycles. The van der Waals surface area contributed by atoms with Crippen LogP contribution in [0.25, 0.3) is 0 Å². The summed E-state index contributed by atoms with van der Waals surface area (Å²) >= 11 is 0. The molecule has 0 spiro atoms. The van der Waals surface area contributed by atoms with Crippen LogP contribution in [0.2, 0.25) is 0 Å². The number of hydrogen-bond donors (Lipinski definition) is 1. The summed E-state index contributed by atoms with van der Waals surface area (Å²) in [6, 6.07) is 0. The summed E-state index contributed by atoms with van der Waals surface area (Å²) in [5.41, 5.74) is 0. The van der Waals surface area contributed by atoms with Crippen molar-refractivity contribution in [2.45, 2.75) is 32.2 Å². The second-order valence-electron chi connectivity index (χ2n) is 2.32. The van der Waals surface area contributed by atoms with Crippen molar-refractivity contribution < 1.29 is 9.84 Å². The van der Waals surface area contributed by atoms with Gasteiger partial charge < -0.3 is 9.84 Å². The highest BCUT2D eigenvalue weighted by Gasteiger charge is 2.39. The van der Waals surface area contributed by atoms with E-state index in [0.29, 0.717) is 0 Å². The van der Waals surface area contributed by atoms with Crippen LogP contribution in [-0.2, 0) is 4.74 Å². The van der Waals surface area contributed by atoms with Gasteiger partial charge in [0.1, 0.15) is 12.2 Å². The molecule has 1 fully saturated rings. The zero-order valence-corrected chi connectivity index (χ0v) is 5.74. The molecule has 2 heteroatoms. The maximum atomic E-state index is 9.15. The summed E-state index contributed by atoms with van der Waals surface area (Å²) in [4.78, 5) is 0. The van der Waals surface area contributed by atoms with Crippen molar-refractivity contribution in [1.82, 2.24) is 0 Å². The molecule has 3 atom stereocenters. The minimum atomic E-state index is -0.398. The summed E-state index contributed by atoms with van der Waals surface area (Å²) in [6.45, 7) is 3.84. The van der Waals surface area contributed by atoms with Gasteiger partial charge in [0.05, 0.1) is 6.10 Å². The van der Waals surface area contributed by atoms with Crippen molar-refractivity contribution in [3.63, 3.8) is 0 Å². The summed E-state index contributed by atoms with van der Waals surface area (Å²) in [7, 11) is 0. The quantitative estimate of drug-likeness (QED) is 0.439. The molecular weight excluding hydrogens is 116 g/mol. The lowest BCUT2D eigenvalue weighted by molar-refractivity contribution is 0.177. The molecule has 1 rings (SSSR count). The fourth-order valence-corrected chi connectivity index (χ4v) is 0.867. The normalized spacial score (nSPS) is 37.2. The molecule has 0 radical (unpaired) electrons. The van der Waals surface area contributed by atoms with Gasteiger partial charge in [-0.15, -0.1) is 0 Å². The number of rotatable bonds is 2. The Balaban J connectivity index is 2.27. The van der Waals surface area contributed by atoms with Gasteiger partial charge in [-0.1, -0.05) is 12.2 Å². The molecule has 0 bridgehead atoms. The van der Waals surface area contributed by atoms with Crippen molar-refractivity contribution in [3.8, 4) is 0 Å². The Labute approximate surface area is 55.1 Å². The first-order valence-corrected chi connectivity index (χ1v) is 3.22. The number of hydrogen-bond acceptors (Lipinski definition) is 2. The smallest absolute Gasteiger partial charge is 0.113 e. The molecule has 0 aromatic heterocycles. The van der Waals surface area contributed by atoms with E-state index in [1.807, 2.05) is 19.9 Å². The second kappa shape index (κ2) is 2.50. The van der Waals surface area contributed by atoms with Crippen LogP contribution in [0, 0.1) is 0 Å². The first-order valence-electron chi connectivity index (χ1n) is 3.22. The molecule has 52 valence electrons. The molecule has 0 aromatic rings. The van der Waals surface area contributed by atoms with E-state index >= 15 is 0 Å². The van der Waals surface area contributed by atoms with E-state index < -0.39 is 6.10 Å². The largest absolute Gasteiger partial charge is 0.386 e. The lowest BCUT2D eigenvalue weighted by Crippen LogP contribution is -2.12. The van der Waals surface area contributed by atoms with E-state index in [2.05, 4.69) is 0 Å². The van der Waals surface area contributed by atoms with Crippen LogP contribution in [-0.4, -0.2) is 23.4 Å². The molecule has 1 saturated heterocycles. The SMILES string of the molecule is CC=CC(O)C1OC1C. The Bertz CT molecular complexity index is 120.